The van der Waals surface area contributed by atoms with Crippen LogP contribution in [0.3, 0.4) is 0 Å². The minimum absolute atomic E-state index is 0.240. The molecule has 2 heterocycles. The third-order valence-corrected chi connectivity index (χ3v) is 5.94. The van der Waals surface area contributed by atoms with Crippen LogP contribution < -0.4 is 15.4 Å². The van der Waals surface area contributed by atoms with Crippen molar-refractivity contribution < 1.29 is 9.53 Å². The van der Waals surface area contributed by atoms with Crippen LogP contribution in [0.1, 0.15) is 50.6 Å². The van der Waals surface area contributed by atoms with Crippen molar-refractivity contribution in [3.63, 3.8) is 0 Å². The minimum Gasteiger partial charge on any atom is -0.497 e. The minimum atomic E-state index is 0.240. The molecule has 0 radical (unpaired) electrons. The smallest absolute Gasteiger partial charge is 0.224 e. The van der Waals surface area contributed by atoms with E-state index in [1.807, 2.05) is 17.0 Å². The molecule has 1 unspecified atom stereocenters. The quantitative estimate of drug-likeness (QED) is 0.479. The number of hydrogen-bond donors (Lipinski definition) is 2. The predicted molar refractivity (Wildman–Crippen MR) is 121 cm³/mol. The summed E-state index contributed by atoms with van der Waals surface area (Å²) in [5.41, 5.74) is 1.27. The van der Waals surface area contributed by atoms with Gasteiger partial charge in [-0.2, -0.15) is 0 Å². The summed E-state index contributed by atoms with van der Waals surface area (Å²) < 4.78 is 5.31. The van der Waals surface area contributed by atoms with Crippen LogP contribution in [-0.2, 0) is 4.79 Å². The number of carbonyl (C=O) groups excluding carboxylic acids is 1. The molecule has 30 heavy (non-hydrogen) atoms. The largest absolute Gasteiger partial charge is 0.497 e. The van der Waals surface area contributed by atoms with E-state index in [1.54, 1.807) is 7.11 Å². The number of carbonyl (C=O) groups is 1. The fourth-order valence-electron chi connectivity index (χ4n) is 4.24. The van der Waals surface area contributed by atoms with Crippen LogP contribution in [0.15, 0.2) is 29.3 Å². The molecule has 0 spiro atoms. The highest BCUT2D eigenvalue weighted by molar-refractivity contribution is 5.81. The van der Waals surface area contributed by atoms with Gasteiger partial charge in [0.05, 0.1) is 19.7 Å². The molecule has 1 amide bonds. The summed E-state index contributed by atoms with van der Waals surface area (Å²) in [6.07, 6.45) is 5.26. The van der Waals surface area contributed by atoms with Crippen molar-refractivity contribution in [2.75, 3.05) is 52.9 Å². The van der Waals surface area contributed by atoms with Gasteiger partial charge >= 0.3 is 0 Å². The Bertz CT molecular complexity index is 679. The highest BCUT2D eigenvalue weighted by Crippen LogP contribution is 2.27. The number of likely N-dealkylation sites (tertiary alicyclic amines) is 2. The highest BCUT2D eigenvalue weighted by atomic mass is 16.5. The normalized spacial score (nSPS) is 18.5. The topological polar surface area (TPSA) is 69.2 Å². The number of methoxy groups -OCH3 is 1. The van der Waals surface area contributed by atoms with Gasteiger partial charge in [0.15, 0.2) is 5.96 Å². The van der Waals surface area contributed by atoms with E-state index in [-0.39, 0.29) is 11.9 Å². The molecule has 0 saturated carbocycles. The van der Waals surface area contributed by atoms with Crippen LogP contribution in [0.5, 0.6) is 5.75 Å². The maximum Gasteiger partial charge on any atom is 0.224 e. The summed E-state index contributed by atoms with van der Waals surface area (Å²) in [6, 6.07) is 8.59. The zero-order valence-electron chi connectivity index (χ0n) is 18.5. The van der Waals surface area contributed by atoms with E-state index in [9.17, 15) is 4.79 Å². The van der Waals surface area contributed by atoms with Crippen molar-refractivity contribution in [1.82, 2.24) is 20.4 Å². The number of guanidine groups is 1. The van der Waals surface area contributed by atoms with Crippen molar-refractivity contribution in [1.29, 1.82) is 0 Å². The number of rotatable bonds is 9. The number of ether oxygens (including phenoxy) is 1. The average molecular weight is 416 g/mol. The Morgan fingerprint density at radius 2 is 1.73 bits per heavy atom. The van der Waals surface area contributed by atoms with Crippen molar-refractivity contribution >= 4 is 11.9 Å². The van der Waals surface area contributed by atoms with Crippen LogP contribution in [0.25, 0.3) is 0 Å². The zero-order valence-corrected chi connectivity index (χ0v) is 18.5. The maximum atomic E-state index is 12.3. The third-order valence-electron chi connectivity index (χ3n) is 5.94. The van der Waals surface area contributed by atoms with E-state index in [0.29, 0.717) is 19.5 Å². The standard InChI is InChI=1S/C23H37N5O2/c1-3-24-23(25-13-12-22(29)28-16-6-7-17-28)26-18-21(27-14-4-5-15-27)19-8-10-20(30-2)11-9-19/h8-11,21H,3-7,12-18H2,1-2H3,(H2,24,25,26). The van der Waals surface area contributed by atoms with Crippen LogP contribution in [0.4, 0.5) is 0 Å². The number of hydrogen-bond acceptors (Lipinski definition) is 4. The molecule has 0 aliphatic carbocycles. The molecule has 2 fully saturated rings. The molecular formula is C23H37N5O2. The van der Waals surface area contributed by atoms with Crippen molar-refractivity contribution in [2.45, 2.75) is 45.1 Å². The second-order valence-electron chi connectivity index (χ2n) is 8.02. The van der Waals surface area contributed by atoms with Crippen molar-refractivity contribution in [3.8, 4) is 5.75 Å². The molecule has 2 N–H and O–H groups in total. The summed E-state index contributed by atoms with van der Waals surface area (Å²) in [5, 5.41) is 6.66. The molecule has 7 heteroatoms. The fourth-order valence-corrected chi connectivity index (χ4v) is 4.24. The molecule has 166 valence electrons. The number of benzene rings is 1. The van der Waals surface area contributed by atoms with Gasteiger partial charge in [0.25, 0.3) is 0 Å². The van der Waals surface area contributed by atoms with Gasteiger partial charge in [-0.25, -0.2) is 0 Å². The van der Waals surface area contributed by atoms with Gasteiger partial charge in [-0.1, -0.05) is 12.1 Å². The Morgan fingerprint density at radius 3 is 2.37 bits per heavy atom. The molecule has 7 nitrogen and oxygen atoms in total. The monoisotopic (exact) mass is 415 g/mol. The number of nitrogens with one attached hydrogen (secondary N) is 2. The fraction of sp³-hybridized carbons (Fsp3) is 0.652. The third kappa shape index (κ3) is 6.36. The lowest BCUT2D eigenvalue weighted by Gasteiger charge is -2.27. The van der Waals surface area contributed by atoms with Gasteiger partial charge in [-0.15, -0.1) is 0 Å². The van der Waals surface area contributed by atoms with Crippen molar-refractivity contribution in [2.24, 2.45) is 4.99 Å². The van der Waals surface area contributed by atoms with E-state index in [1.165, 1.54) is 18.4 Å². The molecule has 1 aromatic rings. The summed E-state index contributed by atoms with van der Waals surface area (Å²) in [7, 11) is 1.69. The molecule has 2 saturated heterocycles. The second-order valence-corrected chi connectivity index (χ2v) is 8.02. The first-order valence-electron chi connectivity index (χ1n) is 11.4. The predicted octanol–water partition coefficient (Wildman–Crippen LogP) is 2.40. The first-order valence-corrected chi connectivity index (χ1v) is 11.4. The van der Waals surface area contributed by atoms with Crippen LogP contribution in [0, 0.1) is 0 Å². The van der Waals surface area contributed by atoms with Crippen LogP contribution >= 0.6 is 0 Å². The Hall–Kier alpha value is -2.28. The molecule has 0 bridgehead atoms. The lowest BCUT2D eigenvalue weighted by molar-refractivity contribution is -0.129. The zero-order chi connectivity index (χ0) is 21.2. The summed E-state index contributed by atoms with van der Waals surface area (Å²) in [4.78, 5) is 21.6. The van der Waals surface area contributed by atoms with Gasteiger partial charge < -0.3 is 20.3 Å². The number of amides is 1. The van der Waals surface area contributed by atoms with Gasteiger partial charge in [-0.05, 0) is 63.4 Å². The molecule has 2 aliphatic heterocycles. The Kier molecular flexibility index (Phi) is 8.81. The average Bonchev–Trinajstić information content (AvgIpc) is 3.49. The van der Waals surface area contributed by atoms with Crippen molar-refractivity contribution in [3.05, 3.63) is 29.8 Å². The molecule has 1 aromatic carbocycles. The van der Waals surface area contributed by atoms with E-state index < -0.39 is 0 Å². The van der Waals surface area contributed by atoms with Gasteiger partial charge in [0.2, 0.25) is 5.91 Å². The molecular weight excluding hydrogens is 378 g/mol. The molecule has 0 aromatic heterocycles. The van der Waals surface area contributed by atoms with E-state index in [0.717, 1.165) is 57.3 Å². The molecule has 2 aliphatic rings. The lowest BCUT2D eigenvalue weighted by atomic mass is 10.1. The number of aliphatic imine (C=N–C) groups is 1. The first-order chi connectivity index (χ1) is 14.7. The second kappa shape index (κ2) is 11.8. The maximum absolute atomic E-state index is 12.3. The first kappa shape index (κ1) is 22.4. The van der Waals surface area contributed by atoms with E-state index in [2.05, 4.69) is 34.6 Å². The highest BCUT2D eigenvalue weighted by Gasteiger charge is 2.23. The Morgan fingerprint density at radius 1 is 1.07 bits per heavy atom. The van der Waals surface area contributed by atoms with Crippen LogP contribution in [-0.4, -0.2) is 74.6 Å². The SMILES string of the molecule is CCNC(=NCC(c1ccc(OC)cc1)N1CCCC1)NCCC(=O)N1CCCC1. The van der Waals surface area contributed by atoms with E-state index in [4.69, 9.17) is 9.73 Å². The molecule has 3 rings (SSSR count). The van der Waals surface area contributed by atoms with Gasteiger partial charge in [-0.3, -0.25) is 14.7 Å². The number of nitrogens with zero attached hydrogens (tertiary/aromatic N) is 3. The summed E-state index contributed by atoms with van der Waals surface area (Å²) in [6.45, 7) is 8.19. The Labute approximate surface area is 180 Å². The van der Waals surface area contributed by atoms with Crippen LogP contribution in [0.2, 0.25) is 0 Å². The van der Waals surface area contributed by atoms with Gasteiger partial charge in [0, 0.05) is 32.6 Å². The van der Waals surface area contributed by atoms with E-state index >= 15 is 0 Å². The summed E-state index contributed by atoms with van der Waals surface area (Å²) >= 11 is 0. The summed E-state index contributed by atoms with van der Waals surface area (Å²) in [5.74, 6) is 1.90. The molecule has 1 atom stereocenters. The lowest BCUT2D eigenvalue weighted by Crippen LogP contribution is -2.40. The Balaban J connectivity index is 1.60. The van der Waals surface area contributed by atoms with Gasteiger partial charge in [0.1, 0.15) is 5.75 Å².